The van der Waals surface area contributed by atoms with E-state index in [-0.39, 0.29) is 17.7 Å². The Balaban J connectivity index is 1.44. The third-order valence-corrected chi connectivity index (χ3v) is 6.16. The first-order chi connectivity index (χ1) is 11.1. The van der Waals surface area contributed by atoms with Crippen LogP contribution in [0.3, 0.4) is 0 Å². The summed E-state index contributed by atoms with van der Waals surface area (Å²) in [5, 5.41) is 3.14. The molecule has 0 radical (unpaired) electrons. The van der Waals surface area contributed by atoms with Crippen molar-refractivity contribution in [2.45, 2.75) is 63.5 Å². The van der Waals surface area contributed by atoms with E-state index in [0.29, 0.717) is 13.2 Å². The van der Waals surface area contributed by atoms with Crippen LogP contribution in [-0.4, -0.2) is 47.8 Å². The number of nitrogens with zero attached hydrogens (tertiary/aromatic N) is 2. The largest absolute Gasteiger partial charge is 0.373 e. The Morgan fingerprint density at radius 3 is 2.96 bits per heavy atom. The van der Waals surface area contributed by atoms with Gasteiger partial charge in [0.25, 0.3) is 0 Å². The fourth-order valence-electron chi connectivity index (χ4n) is 3.70. The summed E-state index contributed by atoms with van der Waals surface area (Å²) in [6, 6.07) is 0.168. The monoisotopic (exact) mass is 337 g/mol. The molecule has 5 nitrogen and oxygen atoms in total. The molecule has 1 aromatic rings. The minimum atomic E-state index is 0.00799. The number of aromatic nitrogens is 1. The van der Waals surface area contributed by atoms with Crippen LogP contribution < -0.4 is 5.32 Å². The topological polar surface area (TPSA) is 54.5 Å². The third-order valence-electron chi connectivity index (χ3n) is 5.17. The molecule has 1 aliphatic heterocycles. The number of nitrogens with one attached hydrogen (secondary N) is 1. The molecule has 6 heteroatoms. The smallest absolute Gasteiger partial charge is 0.317 e. The highest BCUT2D eigenvalue weighted by molar-refractivity contribution is 7.09. The Morgan fingerprint density at radius 2 is 2.26 bits per heavy atom. The molecule has 0 aromatic carbocycles. The second-order valence-electron chi connectivity index (χ2n) is 6.94. The Morgan fingerprint density at radius 1 is 1.48 bits per heavy atom. The van der Waals surface area contributed by atoms with Gasteiger partial charge in [0.05, 0.1) is 29.5 Å². The summed E-state index contributed by atoms with van der Waals surface area (Å²) >= 11 is 1.66. The van der Waals surface area contributed by atoms with Crippen molar-refractivity contribution in [3.63, 3.8) is 0 Å². The second-order valence-corrected chi connectivity index (χ2v) is 7.88. The molecule has 2 heterocycles. The maximum Gasteiger partial charge on any atom is 0.317 e. The highest BCUT2D eigenvalue weighted by atomic mass is 32.1. The maximum absolute atomic E-state index is 12.4. The average Bonchev–Trinajstić information content (AvgIpc) is 3.12. The molecule has 1 aliphatic carbocycles. The van der Waals surface area contributed by atoms with Crippen molar-refractivity contribution in [2.24, 2.45) is 0 Å². The first-order valence-electron chi connectivity index (χ1n) is 8.62. The summed E-state index contributed by atoms with van der Waals surface area (Å²) in [5.41, 5.74) is 2.99. The van der Waals surface area contributed by atoms with Crippen molar-refractivity contribution in [3.05, 3.63) is 16.1 Å². The molecule has 128 valence electrons. The molecule has 3 rings (SSSR count). The number of likely N-dealkylation sites (N-methyl/N-ethyl adjacent to an activating group) is 1. The minimum Gasteiger partial charge on any atom is -0.373 e. The van der Waals surface area contributed by atoms with Gasteiger partial charge in [0.1, 0.15) is 0 Å². The molecule has 2 fully saturated rings. The van der Waals surface area contributed by atoms with Crippen LogP contribution in [0.25, 0.3) is 0 Å². The number of aryl methyl sites for hydroxylation is 1. The highest BCUT2D eigenvalue weighted by Crippen LogP contribution is 2.39. The van der Waals surface area contributed by atoms with Gasteiger partial charge in [-0.25, -0.2) is 9.78 Å². The number of carbonyl (C=O) groups excluding carboxylic acids is 1. The van der Waals surface area contributed by atoms with Crippen molar-refractivity contribution >= 4 is 17.4 Å². The Labute approximate surface area is 142 Å². The number of hydrogen-bond acceptors (Lipinski definition) is 4. The standard InChI is InChI=1S/C17H27N3O2S/c1-13-15(23-12-18-13)6-9-20(2)16(21)19-14-10-17(22-11-14)7-4-3-5-8-17/h12,14H,3-11H2,1-2H3,(H,19,21). The number of urea groups is 1. The van der Waals surface area contributed by atoms with E-state index in [2.05, 4.69) is 10.3 Å². The van der Waals surface area contributed by atoms with Gasteiger partial charge in [-0.3, -0.25) is 0 Å². The second kappa shape index (κ2) is 7.18. The fourth-order valence-corrected chi connectivity index (χ4v) is 4.47. The SMILES string of the molecule is Cc1ncsc1CCN(C)C(=O)NC1COC2(CCCCC2)C1. The molecular weight excluding hydrogens is 310 g/mol. The van der Waals surface area contributed by atoms with E-state index >= 15 is 0 Å². The van der Waals surface area contributed by atoms with Gasteiger partial charge in [0, 0.05) is 24.9 Å². The van der Waals surface area contributed by atoms with Gasteiger partial charge < -0.3 is 15.0 Å². The first kappa shape index (κ1) is 16.7. The minimum absolute atomic E-state index is 0.00799. The number of hydrogen-bond donors (Lipinski definition) is 1. The first-order valence-corrected chi connectivity index (χ1v) is 9.50. The van der Waals surface area contributed by atoms with Gasteiger partial charge in [0.2, 0.25) is 0 Å². The van der Waals surface area contributed by atoms with Gasteiger partial charge in [-0.1, -0.05) is 19.3 Å². The maximum atomic E-state index is 12.4. The average molecular weight is 337 g/mol. The molecule has 1 saturated heterocycles. The van der Waals surface area contributed by atoms with Crippen molar-refractivity contribution < 1.29 is 9.53 Å². The highest BCUT2D eigenvalue weighted by Gasteiger charge is 2.41. The molecule has 1 N–H and O–H groups in total. The molecule has 2 aliphatic rings. The van der Waals surface area contributed by atoms with E-state index in [1.54, 1.807) is 16.2 Å². The molecule has 23 heavy (non-hydrogen) atoms. The van der Waals surface area contributed by atoms with Crippen LogP contribution in [0.5, 0.6) is 0 Å². The molecule has 1 spiro atoms. The molecule has 0 bridgehead atoms. The lowest BCUT2D eigenvalue weighted by Crippen LogP contribution is -2.44. The van der Waals surface area contributed by atoms with Crippen LogP contribution in [-0.2, 0) is 11.2 Å². The van der Waals surface area contributed by atoms with E-state index in [1.807, 2.05) is 19.5 Å². The normalized spacial score (nSPS) is 23.1. The van der Waals surface area contributed by atoms with E-state index in [1.165, 1.54) is 24.1 Å². The van der Waals surface area contributed by atoms with Crippen LogP contribution in [0.2, 0.25) is 0 Å². The number of carbonyl (C=O) groups is 1. The van der Waals surface area contributed by atoms with Crippen molar-refractivity contribution in [1.29, 1.82) is 0 Å². The Kier molecular flexibility index (Phi) is 5.21. The quantitative estimate of drug-likeness (QED) is 0.918. The lowest BCUT2D eigenvalue weighted by atomic mass is 9.82. The van der Waals surface area contributed by atoms with Crippen LogP contribution in [0, 0.1) is 6.92 Å². The molecular formula is C17H27N3O2S. The predicted octanol–water partition coefficient (Wildman–Crippen LogP) is 3.13. The molecule has 1 atom stereocenters. The van der Waals surface area contributed by atoms with E-state index in [0.717, 1.165) is 31.4 Å². The Bertz CT molecular complexity index is 540. The van der Waals surface area contributed by atoms with Crippen LogP contribution in [0.4, 0.5) is 4.79 Å². The van der Waals surface area contributed by atoms with Gasteiger partial charge in [-0.2, -0.15) is 0 Å². The molecule has 2 amide bonds. The van der Waals surface area contributed by atoms with E-state index in [4.69, 9.17) is 4.74 Å². The summed E-state index contributed by atoms with van der Waals surface area (Å²) in [4.78, 5) is 19.6. The lowest BCUT2D eigenvalue weighted by molar-refractivity contribution is -0.0246. The van der Waals surface area contributed by atoms with Gasteiger partial charge in [0.15, 0.2) is 0 Å². The zero-order valence-corrected chi connectivity index (χ0v) is 15.0. The Hall–Kier alpha value is -1.14. The summed E-state index contributed by atoms with van der Waals surface area (Å²) in [6.45, 7) is 3.40. The number of rotatable bonds is 4. The lowest BCUT2D eigenvalue weighted by Gasteiger charge is -2.32. The van der Waals surface area contributed by atoms with Crippen molar-refractivity contribution in [3.8, 4) is 0 Å². The van der Waals surface area contributed by atoms with Gasteiger partial charge >= 0.3 is 6.03 Å². The zero-order chi connectivity index (χ0) is 16.3. The summed E-state index contributed by atoms with van der Waals surface area (Å²) in [7, 11) is 1.86. The van der Waals surface area contributed by atoms with E-state index in [9.17, 15) is 4.79 Å². The zero-order valence-electron chi connectivity index (χ0n) is 14.1. The van der Waals surface area contributed by atoms with Crippen LogP contribution >= 0.6 is 11.3 Å². The molecule has 1 unspecified atom stereocenters. The van der Waals surface area contributed by atoms with Crippen LogP contribution in [0.1, 0.15) is 49.1 Å². The van der Waals surface area contributed by atoms with Crippen LogP contribution in [0.15, 0.2) is 5.51 Å². The predicted molar refractivity (Wildman–Crippen MR) is 91.9 cm³/mol. The van der Waals surface area contributed by atoms with E-state index < -0.39 is 0 Å². The summed E-state index contributed by atoms with van der Waals surface area (Å²) in [6.07, 6.45) is 7.98. The number of thiazole rings is 1. The number of amides is 2. The third kappa shape index (κ3) is 4.04. The van der Waals surface area contributed by atoms with Crippen molar-refractivity contribution in [1.82, 2.24) is 15.2 Å². The van der Waals surface area contributed by atoms with Gasteiger partial charge in [-0.15, -0.1) is 11.3 Å². The molecule has 1 saturated carbocycles. The molecule has 1 aromatic heterocycles. The number of ether oxygens (including phenoxy) is 1. The van der Waals surface area contributed by atoms with Crippen molar-refractivity contribution in [2.75, 3.05) is 20.2 Å². The fraction of sp³-hybridized carbons (Fsp3) is 0.765. The summed E-state index contributed by atoms with van der Waals surface area (Å²) in [5.74, 6) is 0. The summed E-state index contributed by atoms with van der Waals surface area (Å²) < 4.78 is 6.07. The van der Waals surface area contributed by atoms with Gasteiger partial charge in [-0.05, 0) is 26.2 Å².